The molecule has 2 N–H and O–H groups in total. The van der Waals surface area contributed by atoms with Gasteiger partial charge in [0.15, 0.2) is 0 Å². The lowest BCUT2D eigenvalue weighted by molar-refractivity contribution is -0.137. The molecule has 6 heteroatoms. The van der Waals surface area contributed by atoms with Crippen LogP contribution in [0.5, 0.6) is 0 Å². The fourth-order valence-corrected chi connectivity index (χ4v) is 2.14. The van der Waals surface area contributed by atoms with Crippen molar-refractivity contribution in [1.82, 2.24) is 3.53 Å². The first kappa shape index (κ1) is 11.6. The van der Waals surface area contributed by atoms with Crippen molar-refractivity contribution in [2.75, 3.05) is 0 Å². The van der Waals surface area contributed by atoms with Gasteiger partial charge in [-0.2, -0.15) is 0 Å². The maximum Gasteiger partial charge on any atom is 0.303 e. The molecule has 4 nitrogen and oxygen atoms in total. The predicted molar refractivity (Wildman–Crippen MR) is 56.8 cm³/mol. The number of hydrogen-bond acceptors (Lipinski definition) is 3. The molecule has 0 aromatic rings. The SMILES string of the molecule is O=C(O)CC[C@H](NI)C(=O)I. The first-order valence-corrected chi connectivity index (χ1v) is 5.01. The number of nitrogens with one attached hydrogen (secondary N) is 1. The molecule has 64 valence electrons. The number of carbonyl (C=O) groups excluding carboxylic acids is 1. The molecule has 0 aliphatic heterocycles. The van der Waals surface area contributed by atoms with Crippen molar-refractivity contribution in [1.29, 1.82) is 0 Å². The summed E-state index contributed by atoms with van der Waals surface area (Å²) in [6.45, 7) is 0. The van der Waals surface area contributed by atoms with E-state index in [1.165, 1.54) is 0 Å². The average Bonchev–Trinajstić information content (AvgIpc) is 1.87. The van der Waals surface area contributed by atoms with Crippen LogP contribution in [0.25, 0.3) is 0 Å². The van der Waals surface area contributed by atoms with E-state index in [2.05, 4.69) is 3.53 Å². The Morgan fingerprint density at radius 3 is 2.36 bits per heavy atom. The van der Waals surface area contributed by atoms with E-state index >= 15 is 0 Å². The Kier molecular flexibility index (Phi) is 6.43. The Labute approximate surface area is 91.7 Å². The smallest absolute Gasteiger partial charge is 0.303 e. The largest absolute Gasteiger partial charge is 0.481 e. The number of carboxylic acids is 1. The standard InChI is InChI=1S/C5H7I2NO3/c6-5(11)3(8-7)1-2-4(9)10/h3,8H,1-2H2,(H,9,10)/t3-/m0/s1. The van der Waals surface area contributed by atoms with Crippen LogP contribution in [0.2, 0.25) is 0 Å². The summed E-state index contributed by atoms with van der Waals surface area (Å²) in [6, 6.07) is -0.340. The highest BCUT2D eigenvalue weighted by atomic mass is 127. The zero-order valence-electron chi connectivity index (χ0n) is 5.51. The topological polar surface area (TPSA) is 66.4 Å². The third-order valence-electron chi connectivity index (χ3n) is 1.05. The molecule has 0 aromatic carbocycles. The van der Waals surface area contributed by atoms with Crippen LogP contribution >= 0.6 is 45.5 Å². The average molecular weight is 383 g/mol. The molecule has 0 bridgehead atoms. The van der Waals surface area contributed by atoms with E-state index in [9.17, 15) is 9.59 Å². The second-order valence-corrected chi connectivity index (χ2v) is 3.58. The molecular weight excluding hydrogens is 376 g/mol. The molecule has 0 aromatic heterocycles. The van der Waals surface area contributed by atoms with Crippen LogP contribution in [0.15, 0.2) is 0 Å². The molecule has 0 spiro atoms. The Morgan fingerprint density at radius 1 is 1.55 bits per heavy atom. The molecule has 0 saturated heterocycles. The monoisotopic (exact) mass is 383 g/mol. The van der Waals surface area contributed by atoms with E-state index in [4.69, 9.17) is 5.11 Å². The molecule has 0 fully saturated rings. The van der Waals surface area contributed by atoms with Crippen molar-refractivity contribution in [2.45, 2.75) is 18.9 Å². The van der Waals surface area contributed by atoms with E-state index in [1.54, 1.807) is 22.6 Å². The fourth-order valence-electron chi connectivity index (χ4n) is 0.479. The van der Waals surface area contributed by atoms with Crippen LogP contribution in [0.1, 0.15) is 12.8 Å². The third-order valence-corrected chi connectivity index (χ3v) is 2.56. The molecule has 0 radical (unpaired) electrons. The second kappa shape index (κ2) is 6.12. The van der Waals surface area contributed by atoms with Gasteiger partial charge in [-0.3, -0.25) is 9.59 Å². The number of rotatable bonds is 5. The quantitative estimate of drug-likeness (QED) is 0.425. The van der Waals surface area contributed by atoms with E-state index in [0.717, 1.165) is 0 Å². The van der Waals surface area contributed by atoms with Gasteiger partial charge >= 0.3 is 5.97 Å². The summed E-state index contributed by atoms with van der Waals surface area (Å²) in [6.07, 6.45) is 0.370. The van der Waals surface area contributed by atoms with E-state index in [0.29, 0.717) is 6.42 Å². The summed E-state index contributed by atoms with van der Waals surface area (Å²) >= 11 is 3.50. The van der Waals surface area contributed by atoms with Gasteiger partial charge in [0.2, 0.25) is 3.79 Å². The minimum absolute atomic E-state index is 0.0232. The van der Waals surface area contributed by atoms with Gasteiger partial charge in [-0.15, -0.1) is 0 Å². The fraction of sp³-hybridized carbons (Fsp3) is 0.600. The molecule has 11 heavy (non-hydrogen) atoms. The van der Waals surface area contributed by atoms with Crippen LogP contribution in [-0.2, 0) is 9.59 Å². The van der Waals surface area contributed by atoms with Crippen LogP contribution in [0.4, 0.5) is 0 Å². The molecule has 0 amide bonds. The minimum atomic E-state index is -0.876. The van der Waals surface area contributed by atoms with Gasteiger partial charge in [0.25, 0.3) is 0 Å². The Bertz CT molecular complexity index is 162. The highest BCUT2D eigenvalue weighted by Crippen LogP contribution is 2.04. The molecule has 0 unspecified atom stereocenters. The van der Waals surface area contributed by atoms with Crippen LogP contribution in [-0.4, -0.2) is 20.9 Å². The van der Waals surface area contributed by atoms with Crippen molar-refractivity contribution in [3.05, 3.63) is 0 Å². The first-order chi connectivity index (χ1) is 5.07. The normalized spacial score (nSPS) is 12.5. The molecule has 0 aliphatic rings. The summed E-state index contributed by atoms with van der Waals surface area (Å²) in [7, 11) is 0. The third kappa shape index (κ3) is 5.79. The maximum atomic E-state index is 10.7. The lowest BCUT2D eigenvalue weighted by atomic mass is 10.2. The van der Waals surface area contributed by atoms with Gasteiger partial charge < -0.3 is 5.11 Å². The molecule has 0 rings (SSSR count). The van der Waals surface area contributed by atoms with Crippen molar-refractivity contribution >= 4 is 55.2 Å². The number of aliphatic carboxylic acids is 1. The lowest BCUT2D eigenvalue weighted by Crippen LogP contribution is -2.27. The number of carboxylic acid groups (broad SMARTS) is 1. The summed E-state index contributed by atoms with van der Waals surface area (Å²) in [5.74, 6) is -0.876. The Balaban J connectivity index is 3.70. The highest BCUT2D eigenvalue weighted by molar-refractivity contribution is 14.1. The lowest BCUT2D eigenvalue weighted by Gasteiger charge is -2.07. The summed E-state index contributed by atoms with van der Waals surface area (Å²) in [4.78, 5) is 20.8. The van der Waals surface area contributed by atoms with Gasteiger partial charge in [-0.25, -0.2) is 3.53 Å². The van der Waals surface area contributed by atoms with Crippen molar-refractivity contribution in [3.63, 3.8) is 0 Å². The zero-order chi connectivity index (χ0) is 8.85. The number of hydrogen-bond donors (Lipinski definition) is 2. The van der Waals surface area contributed by atoms with Crippen molar-refractivity contribution in [3.8, 4) is 0 Å². The summed E-state index contributed by atoms with van der Waals surface area (Å²) in [5, 5.41) is 8.30. The molecule has 0 heterocycles. The number of carbonyl (C=O) groups is 2. The summed E-state index contributed by atoms with van der Waals surface area (Å²) < 4.78 is 2.65. The molecule has 0 saturated carbocycles. The van der Waals surface area contributed by atoms with Gasteiger partial charge in [-0.1, -0.05) is 0 Å². The second-order valence-electron chi connectivity index (χ2n) is 1.90. The summed E-state index contributed by atoms with van der Waals surface area (Å²) in [5.41, 5.74) is 0. The molecule has 0 aliphatic carbocycles. The van der Waals surface area contributed by atoms with Gasteiger partial charge in [0.05, 0.1) is 6.04 Å². The molecule has 1 atom stereocenters. The minimum Gasteiger partial charge on any atom is -0.481 e. The maximum absolute atomic E-state index is 10.7. The van der Waals surface area contributed by atoms with Crippen LogP contribution in [0, 0.1) is 0 Å². The van der Waals surface area contributed by atoms with E-state index < -0.39 is 5.97 Å². The Morgan fingerprint density at radius 2 is 2.09 bits per heavy atom. The van der Waals surface area contributed by atoms with Crippen LogP contribution < -0.4 is 3.53 Å². The van der Waals surface area contributed by atoms with Crippen molar-refractivity contribution < 1.29 is 14.7 Å². The highest BCUT2D eigenvalue weighted by Gasteiger charge is 2.14. The molecular formula is C5H7I2NO3. The first-order valence-electron chi connectivity index (χ1n) is 2.85. The van der Waals surface area contributed by atoms with Crippen molar-refractivity contribution in [2.24, 2.45) is 0 Å². The van der Waals surface area contributed by atoms with Gasteiger partial charge in [0.1, 0.15) is 0 Å². The zero-order valence-corrected chi connectivity index (χ0v) is 9.83. The van der Waals surface area contributed by atoms with Crippen LogP contribution in [0.3, 0.4) is 0 Å². The van der Waals surface area contributed by atoms with Gasteiger partial charge in [0, 0.05) is 51.9 Å². The van der Waals surface area contributed by atoms with E-state index in [1.807, 2.05) is 22.9 Å². The number of halogens is 2. The van der Waals surface area contributed by atoms with Gasteiger partial charge in [-0.05, 0) is 6.42 Å². The predicted octanol–water partition coefficient (Wildman–Crippen LogP) is 1.12. The Hall–Kier alpha value is 0.560. The van der Waals surface area contributed by atoms with E-state index in [-0.39, 0.29) is 16.3 Å².